The highest BCUT2D eigenvalue weighted by Gasteiger charge is 2.05. The first-order valence-corrected chi connectivity index (χ1v) is 5.39. The highest BCUT2D eigenvalue weighted by atomic mass is 79.9. The second kappa shape index (κ2) is 4.49. The molecule has 2 rings (SSSR count). The molecule has 0 N–H and O–H groups in total. The summed E-state index contributed by atoms with van der Waals surface area (Å²) in [6.07, 6.45) is 3.14. The topological polar surface area (TPSA) is 44.1 Å². The summed E-state index contributed by atoms with van der Waals surface area (Å²) in [5.74, 6) is 0.0884. The molecular formula is C11H9BrN2O2. The molecule has 0 fully saturated rings. The van der Waals surface area contributed by atoms with Crippen molar-refractivity contribution in [3.8, 4) is 11.6 Å². The molecular weight excluding hydrogens is 272 g/mol. The van der Waals surface area contributed by atoms with Gasteiger partial charge in [-0.05, 0) is 24.3 Å². The average molecular weight is 281 g/mol. The van der Waals surface area contributed by atoms with Crippen LogP contribution in [-0.2, 0) is 0 Å². The molecule has 1 aromatic heterocycles. The Hall–Kier alpha value is -1.62. The Labute approximate surface area is 101 Å². The zero-order valence-electron chi connectivity index (χ0n) is 8.55. The fourth-order valence-corrected chi connectivity index (χ4v) is 1.60. The summed E-state index contributed by atoms with van der Waals surface area (Å²) in [6.45, 7) is 0. The van der Waals surface area contributed by atoms with Crippen LogP contribution >= 0.6 is 15.9 Å². The molecule has 0 saturated heterocycles. The van der Waals surface area contributed by atoms with Crippen LogP contribution in [0.5, 0.6) is 5.88 Å². The number of hydrogen-bond acceptors (Lipinski definition) is 3. The van der Waals surface area contributed by atoms with Crippen molar-refractivity contribution < 1.29 is 4.74 Å². The first-order chi connectivity index (χ1) is 7.72. The van der Waals surface area contributed by atoms with Crippen LogP contribution in [0, 0.1) is 0 Å². The maximum atomic E-state index is 11.8. The monoisotopic (exact) mass is 280 g/mol. The van der Waals surface area contributed by atoms with Gasteiger partial charge in [0.05, 0.1) is 7.11 Å². The summed E-state index contributed by atoms with van der Waals surface area (Å²) >= 11 is 3.34. The second-order valence-corrected chi connectivity index (χ2v) is 4.00. The van der Waals surface area contributed by atoms with Crippen LogP contribution in [0.3, 0.4) is 0 Å². The number of aromatic nitrogens is 2. The molecule has 0 unspecified atom stereocenters. The number of rotatable bonds is 2. The van der Waals surface area contributed by atoms with Crippen LogP contribution in [0.25, 0.3) is 5.69 Å². The Bertz CT molecular complexity index is 549. The summed E-state index contributed by atoms with van der Waals surface area (Å²) < 4.78 is 7.32. The standard InChI is InChI=1S/C11H9BrN2O2/c1-16-10-11(15)14(7-6-13-10)9-4-2-8(12)3-5-9/h2-7H,1H3. The van der Waals surface area contributed by atoms with Crippen molar-refractivity contribution in [1.82, 2.24) is 9.55 Å². The first kappa shape index (κ1) is 10.9. The lowest BCUT2D eigenvalue weighted by molar-refractivity contribution is 0.388. The molecule has 2 aromatic rings. The molecule has 1 heterocycles. The van der Waals surface area contributed by atoms with Gasteiger partial charge in [-0.25, -0.2) is 4.98 Å². The number of hydrogen-bond donors (Lipinski definition) is 0. The minimum atomic E-state index is -0.271. The summed E-state index contributed by atoms with van der Waals surface area (Å²) in [7, 11) is 1.43. The number of benzene rings is 1. The third-order valence-electron chi connectivity index (χ3n) is 2.11. The molecule has 0 saturated carbocycles. The van der Waals surface area contributed by atoms with Crippen molar-refractivity contribution in [3.63, 3.8) is 0 Å². The molecule has 1 aromatic carbocycles. The molecule has 82 valence electrons. The molecule has 0 aliphatic heterocycles. The van der Waals surface area contributed by atoms with Gasteiger partial charge in [0.15, 0.2) is 0 Å². The van der Waals surface area contributed by atoms with Gasteiger partial charge in [0.1, 0.15) is 0 Å². The van der Waals surface area contributed by atoms with Gasteiger partial charge in [0.2, 0.25) is 0 Å². The van der Waals surface area contributed by atoms with E-state index in [1.165, 1.54) is 17.9 Å². The van der Waals surface area contributed by atoms with E-state index < -0.39 is 0 Å². The Morgan fingerprint density at radius 2 is 2.00 bits per heavy atom. The van der Waals surface area contributed by atoms with Gasteiger partial charge in [-0.2, -0.15) is 0 Å². The molecule has 0 atom stereocenters. The molecule has 0 amide bonds. The highest BCUT2D eigenvalue weighted by molar-refractivity contribution is 9.10. The fraction of sp³-hybridized carbons (Fsp3) is 0.0909. The van der Waals surface area contributed by atoms with E-state index in [1.807, 2.05) is 24.3 Å². The van der Waals surface area contributed by atoms with Gasteiger partial charge >= 0.3 is 5.56 Å². The van der Waals surface area contributed by atoms with Crippen molar-refractivity contribution in [2.75, 3.05) is 7.11 Å². The minimum absolute atomic E-state index is 0.0884. The molecule has 0 spiro atoms. The van der Waals surface area contributed by atoms with Crippen LogP contribution < -0.4 is 10.3 Å². The van der Waals surface area contributed by atoms with Crippen molar-refractivity contribution in [2.24, 2.45) is 0 Å². The predicted octanol–water partition coefficient (Wildman–Crippen LogP) is 2.00. The lowest BCUT2D eigenvalue weighted by Gasteiger charge is -2.06. The van der Waals surface area contributed by atoms with E-state index in [-0.39, 0.29) is 11.4 Å². The lowest BCUT2D eigenvalue weighted by Crippen LogP contribution is -2.20. The Kier molecular flexibility index (Phi) is 3.05. The smallest absolute Gasteiger partial charge is 0.317 e. The fourth-order valence-electron chi connectivity index (χ4n) is 1.34. The van der Waals surface area contributed by atoms with Crippen molar-refractivity contribution in [3.05, 3.63) is 51.5 Å². The van der Waals surface area contributed by atoms with Crippen LogP contribution in [0.4, 0.5) is 0 Å². The van der Waals surface area contributed by atoms with E-state index in [0.717, 1.165) is 10.2 Å². The van der Waals surface area contributed by atoms with Crippen molar-refractivity contribution >= 4 is 15.9 Å². The Balaban J connectivity index is 2.56. The summed E-state index contributed by atoms with van der Waals surface area (Å²) in [4.78, 5) is 15.7. The van der Waals surface area contributed by atoms with Gasteiger partial charge in [-0.3, -0.25) is 9.36 Å². The number of halogens is 1. The van der Waals surface area contributed by atoms with E-state index in [4.69, 9.17) is 4.74 Å². The predicted molar refractivity (Wildman–Crippen MR) is 64.1 cm³/mol. The van der Waals surface area contributed by atoms with Crippen molar-refractivity contribution in [1.29, 1.82) is 0 Å². The SMILES string of the molecule is COc1nccn(-c2ccc(Br)cc2)c1=O. The molecule has 0 radical (unpaired) electrons. The third-order valence-corrected chi connectivity index (χ3v) is 2.64. The second-order valence-electron chi connectivity index (χ2n) is 3.09. The quantitative estimate of drug-likeness (QED) is 0.845. The van der Waals surface area contributed by atoms with E-state index in [1.54, 1.807) is 6.20 Å². The average Bonchev–Trinajstić information content (AvgIpc) is 2.31. The third kappa shape index (κ3) is 1.99. The number of nitrogens with zero attached hydrogens (tertiary/aromatic N) is 2. The number of methoxy groups -OCH3 is 1. The Morgan fingerprint density at radius 3 is 2.62 bits per heavy atom. The van der Waals surface area contributed by atoms with Gasteiger partial charge < -0.3 is 4.74 Å². The van der Waals surface area contributed by atoms with Gasteiger partial charge in [0.25, 0.3) is 5.88 Å². The molecule has 0 bridgehead atoms. The molecule has 0 aliphatic rings. The zero-order valence-corrected chi connectivity index (χ0v) is 10.1. The van der Waals surface area contributed by atoms with Crippen LogP contribution in [-0.4, -0.2) is 16.7 Å². The number of ether oxygens (including phenoxy) is 1. The van der Waals surface area contributed by atoms with Gasteiger partial charge in [-0.1, -0.05) is 15.9 Å². The van der Waals surface area contributed by atoms with Crippen LogP contribution in [0.15, 0.2) is 45.9 Å². The summed E-state index contributed by atoms with van der Waals surface area (Å²) in [5.41, 5.74) is 0.501. The van der Waals surface area contributed by atoms with Crippen LogP contribution in [0.1, 0.15) is 0 Å². The maximum Gasteiger partial charge on any atom is 0.317 e. The van der Waals surface area contributed by atoms with E-state index in [9.17, 15) is 4.79 Å². The van der Waals surface area contributed by atoms with Gasteiger partial charge in [0, 0.05) is 22.6 Å². The lowest BCUT2D eigenvalue weighted by atomic mass is 10.3. The zero-order chi connectivity index (χ0) is 11.5. The maximum absolute atomic E-state index is 11.8. The van der Waals surface area contributed by atoms with Crippen molar-refractivity contribution in [2.45, 2.75) is 0 Å². The summed E-state index contributed by atoms with van der Waals surface area (Å²) in [5, 5.41) is 0. The largest absolute Gasteiger partial charge is 0.477 e. The minimum Gasteiger partial charge on any atom is -0.477 e. The normalized spacial score (nSPS) is 10.1. The van der Waals surface area contributed by atoms with E-state index >= 15 is 0 Å². The van der Waals surface area contributed by atoms with Gasteiger partial charge in [-0.15, -0.1) is 0 Å². The molecule has 16 heavy (non-hydrogen) atoms. The summed E-state index contributed by atoms with van der Waals surface area (Å²) in [6, 6.07) is 7.42. The van der Waals surface area contributed by atoms with E-state index in [0.29, 0.717) is 0 Å². The molecule has 0 aliphatic carbocycles. The van der Waals surface area contributed by atoms with Crippen LogP contribution in [0.2, 0.25) is 0 Å². The highest BCUT2D eigenvalue weighted by Crippen LogP contribution is 2.13. The van der Waals surface area contributed by atoms with E-state index in [2.05, 4.69) is 20.9 Å². The molecule has 5 heteroatoms. The first-order valence-electron chi connectivity index (χ1n) is 4.60. The molecule has 4 nitrogen and oxygen atoms in total. The Morgan fingerprint density at radius 1 is 1.31 bits per heavy atom.